The minimum atomic E-state index is -0.166. The van der Waals surface area contributed by atoms with E-state index in [2.05, 4.69) is 24.1 Å². The molecule has 1 atom stereocenters. The molecule has 170 valence electrons. The number of nitrogens with zero attached hydrogens (tertiary/aromatic N) is 3. The normalized spacial score (nSPS) is 16.8. The molecular weight excluding hydrogens is 412 g/mol. The lowest BCUT2D eigenvalue weighted by Crippen LogP contribution is -2.43. The third kappa shape index (κ3) is 3.64. The molecule has 2 aromatic heterocycles. The number of fused-ring (bicyclic) bond motifs is 3. The minimum absolute atomic E-state index is 0.131. The van der Waals surface area contributed by atoms with Crippen LogP contribution in [-0.2, 0) is 0 Å². The lowest BCUT2D eigenvalue weighted by Gasteiger charge is -2.28. The summed E-state index contributed by atoms with van der Waals surface area (Å²) in [4.78, 5) is 29.6. The van der Waals surface area contributed by atoms with Crippen LogP contribution in [0.25, 0.3) is 22.1 Å². The Labute approximate surface area is 193 Å². The van der Waals surface area contributed by atoms with E-state index in [1.54, 1.807) is 10.8 Å². The number of carbonyl (C=O) groups excluding carboxylic acids is 1. The van der Waals surface area contributed by atoms with Crippen molar-refractivity contribution in [1.82, 2.24) is 19.2 Å². The molecule has 1 aliphatic heterocycles. The van der Waals surface area contributed by atoms with E-state index < -0.39 is 0 Å². The van der Waals surface area contributed by atoms with Crippen LogP contribution in [0, 0.1) is 6.92 Å². The number of amides is 1. The SMILES string of the molecule is Cc1c2ccccc2n2c(C(=O)NCC3CCCN3C(C)C)cn(-c3ccccc3)c(=O)c12. The summed E-state index contributed by atoms with van der Waals surface area (Å²) in [5.74, 6) is -0.166. The van der Waals surface area contributed by atoms with Gasteiger partial charge in [0.05, 0.1) is 5.52 Å². The van der Waals surface area contributed by atoms with Crippen molar-refractivity contribution in [2.75, 3.05) is 13.1 Å². The molecule has 1 unspecified atom stereocenters. The van der Waals surface area contributed by atoms with Crippen LogP contribution >= 0.6 is 0 Å². The van der Waals surface area contributed by atoms with E-state index in [4.69, 9.17) is 0 Å². The lowest BCUT2D eigenvalue weighted by molar-refractivity contribution is 0.0928. The lowest BCUT2D eigenvalue weighted by atomic mass is 10.2. The molecule has 1 saturated heterocycles. The van der Waals surface area contributed by atoms with E-state index in [1.165, 1.54) is 0 Å². The van der Waals surface area contributed by atoms with Gasteiger partial charge in [0.2, 0.25) is 0 Å². The highest BCUT2D eigenvalue weighted by Gasteiger charge is 2.27. The van der Waals surface area contributed by atoms with Gasteiger partial charge in [-0.1, -0.05) is 36.4 Å². The summed E-state index contributed by atoms with van der Waals surface area (Å²) in [7, 11) is 0. The fraction of sp³-hybridized carbons (Fsp3) is 0.333. The third-order valence-electron chi connectivity index (χ3n) is 6.89. The summed E-state index contributed by atoms with van der Waals surface area (Å²) in [6.07, 6.45) is 3.92. The van der Waals surface area contributed by atoms with Gasteiger partial charge < -0.3 is 5.32 Å². The smallest absolute Gasteiger partial charge is 0.279 e. The molecule has 6 heteroatoms. The second-order valence-electron chi connectivity index (χ2n) is 9.19. The van der Waals surface area contributed by atoms with Gasteiger partial charge in [0, 0.05) is 35.9 Å². The van der Waals surface area contributed by atoms with Gasteiger partial charge in [-0.15, -0.1) is 0 Å². The predicted octanol–water partition coefficient (Wildman–Crippen LogP) is 4.15. The van der Waals surface area contributed by atoms with Gasteiger partial charge in [0.25, 0.3) is 11.5 Å². The highest BCUT2D eigenvalue weighted by atomic mass is 16.2. The van der Waals surface area contributed by atoms with Crippen molar-refractivity contribution < 1.29 is 4.79 Å². The highest BCUT2D eigenvalue weighted by molar-refractivity contribution is 5.99. The van der Waals surface area contributed by atoms with Gasteiger partial charge in [-0.2, -0.15) is 0 Å². The van der Waals surface area contributed by atoms with Crippen LogP contribution in [0.4, 0.5) is 0 Å². The van der Waals surface area contributed by atoms with Crippen LogP contribution in [-0.4, -0.2) is 44.9 Å². The quantitative estimate of drug-likeness (QED) is 0.505. The number of aromatic nitrogens is 2. The average molecular weight is 443 g/mol. The molecular formula is C27H30N4O2. The van der Waals surface area contributed by atoms with Crippen molar-refractivity contribution in [2.45, 2.75) is 45.7 Å². The van der Waals surface area contributed by atoms with Crippen molar-refractivity contribution in [3.63, 3.8) is 0 Å². The van der Waals surface area contributed by atoms with Gasteiger partial charge in [-0.05, 0) is 63.9 Å². The third-order valence-corrected chi connectivity index (χ3v) is 6.89. The Bertz CT molecular complexity index is 1380. The number of carbonyl (C=O) groups is 1. The standard InChI is InChI=1S/C27H30N4O2/c1-18(2)29-15-9-12-21(29)16-28-26(32)24-17-30(20-10-5-4-6-11-20)27(33)25-19(3)22-13-7-8-14-23(22)31(24)25/h4-8,10-11,13-14,17-18,21H,9,12,15-16H2,1-3H3,(H,28,32). The molecule has 4 aromatic rings. The molecule has 0 bridgehead atoms. The van der Waals surface area contributed by atoms with Gasteiger partial charge >= 0.3 is 0 Å². The van der Waals surface area contributed by atoms with Crippen molar-refractivity contribution >= 4 is 22.3 Å². The Hall–Kier alpha value is -3.38. The molecule has 2 aromatic carbocycles. The maximum absolute atomic E-state index is 13.6. The summed E-state index contributed by atoms with van der Waals surface area (Å²) < 4.78 is 3.42. The number of aryl methyl sites for hydroxylation is 1. The van der Waals surface area contributed by atoms with Crippen LogP contribution in [0.5, 0.6) is 0 Å². The van der Waals surface area contributed by atoms with Crippen molar-refractivity contribution in [1.29, 1.82) is 0 Å². The van der Waals surface area contributed by atoms with Crippen molar-refractivity contribution in [2.24, 2.45) is 0 Å². The Morgan fingerprint density at radius 1 is 1.09 bits per heavy atom. The summed E-state index contributed by atoms with van der Waals surface area (Å²) >= 11 is 0. The monoisotopic (exact) mass is 442 g/mol. The van der Waals surface area contributed by atoms with Gasteiger partial charge in [0.15, 0.2) is 0 Å². The Kier molecular flexibility index (Phi) is 5.54. The van der Waals surface area contributed by atoms with Crippen molar-refractivity contribution in [3.05, 3.63) is 82.4 Å². The van der Waals surface area contributed by atoms with Crippen LogP contribution in [0.1, 0.15) is 42.7 Å². The summed E-state index contributed by atoms with van der Waals surface area (Å²) in [5, 5.41) is 4.16. The average Bonchev–Trinajstić information content (AvgIpc) is 3.42. The molecule has 1 fully saturated rings. The van der Waals surface area contributed by atoms with E-state index in [9.17, 15) is 9.59 Å². The van der Waals surface area contributed by atoms with Gasteiger partial charge in [-0.3, -0.25) is 23.5 Å². The van der Waals surface area contributed by atoms with E-state index >= 15 is 0 Å². The number of rotatable bonds is 5. The first kappa shape index (κ1) is 21.5. The number of nitrogens with one attached hydrogen (secondary N) is 1. The summed E-state index contributed by atoms with van der Waals surface area (Å²) in [6, 6.07) is 18.2. The zero-order valence-electron chi connectivity index (χ0n) is 19.4. The fourth-order valence-corrected chi connectivity index (χ4v) is 5.26. The molecule has 0 radical (unpaired) electrons. The number of para-hydroxylation sites is 2. The van der Waals surface area contributed by atoms with Gasteiger partial charge in [-0.25, -0.2) is 0 Å². The van der Waals surface area contributed by atoms with E-state index in [-0.39, 0.29) is 11.5 Å². The maximum Gasteiger partial charge on any atom is 0.279 e. The number of hydrogen-bond acceptors (Lipinski definition) is 3. The number of hydrogen-bond donors (Lipinski definition) is 1. The Balaban J connectivity index is 1.64. The van der Waals surface area contributed by atoms with E-state index in [0.29, 0.717) is 29.8 Å². The summed E-state index contributed by atoms with van der Waals surface area (Å²) in [6.45, 7) is 8.03. The van der Waals surface area contributed by atoms with E-state index in [1.807, 2.05) is 65.9 Å². The molecule has 1 N–H and O–H groups in total. The molecule has 1 aliphatic rings. The first-order chi connectivity index (χ1) is 16.0. The molecule has 0 aliphatic carbocycles. The molecule has 33 heavy (non-hydrogen) atoms. The molecule has 5 rings (SSSR count). The first-order valence-corrected chi connectivity index (χ1v) is 11.7. The van der Waals surface area contributed by atoms with Gasteiger partial charge in [0.1, 0.15) is 11.2 Å². The molecule has 3 heterocycles. The predicted molar refractivity (Wildman–Crippen MR) is 132 cm³/mol. The zero-order chi connectivity index (χ0) is 23.1. The van der Waals surface area contributed by atoms with Crippen LogP contribution < -0.4 is 10.9 Å². The number of benzene rings is 2. The second-order valence-corrected chi connectivity index (χ2v) is 9.19. The Morgan fingerprint density at radius 2 is 1.82 bits per heavy atom. The van der Waals surface area contributed by atoms with Crippen LogP contribution in [0.2, 0.25) is 0 Å². The van der Waals surface area contributed by atoms with Crippen LogP contribution in [0.15, 0.2) is 65.6 Å². The van der Waals surface area contributed by atoms with Crippen molar-refractivity contribution in [3.8, 4) is 5.69 Å². The Morgan fingerprint density at radius 3 is 2.58 bits per heavy atom. The number of likely N-dealkylation sites (tertiary alicyclic amines) is 1. The molecule has 0 saturated carbocycles. The maximum atomic E-state index is 13.6. The molecule has 6 nitrogen and oxygen atoms in total. The molecule has 0 spiro atoms. The molecule has 1 amide bonds. The minimum Gasteiger partial charge on any atom is -0.349 e. The topological polar surface area (TPSA) is 58.8 Å². The highest BCUT2D eigenvalue weighted by Crippen LogP contribution is 2.26. The fourth-order valence-electron chi connectivity index (χ4n) is 5.26. The second kappa shape index (κ2) is 8.52. The van der Waals surface area contributed by atoms with Crippen LogP contribution in [0.3, 0.4) is 0 Å². The largest absolute Gasteiger partial charge is 0.349 e. The first-order valence-electron chi connectivity index (χ1n) is 11.7. The van der Waals surface area contributed by atoms with E-state index in [0.717, 1.165) is 41.5 Å². The summed E-state index contributed by atoms with van der Waals surface area (Å²) in [5.41, 5.74) is 3.37. The zero-order valence-corrected chi connectivity index (χ0v) is 19.4.